The van der Waals surface area contributed by atoms with Crippen LogP contribution in [-0.4, -0.2) is 67.4 Å². The van der Waals surface area contributed by atoms with Gasteiger partial charge in [-0.1, -0.05) is 48.5 Å². The predicted molar refractivity (Wildman–Crippen MR) is 123 cm³/mol. The number of piperidine rings is 1. The van der Waals surface area contributed by atoms with E-state index in [1.807, 2.05) is 36.4 Å². The van der Waals surface area contributed by atoms with E-state index in [0.29, 0.717) is 19.5 Å². The molecule has 1 saturated carbocycles. The number of likely N-dealkylation sites (tertiary alicyclic amines) is 1. The minimum Gasteiger partial charge on any atom is -0.481 e. The number of carbonyl (C=O) groups excluding carboxylic acids is 2. The summed E-state index contributed by atoms with van der Waals surface area (Å²) in [5, 5.41) is 12.0. The minimum absolute atomic E-state index is 0.00662. The summed E-state index contributed by atoms with van der Waals surface area (Å²) in [6.45, 7) is 1.04. The molecule has 1 aliphatic heterocycles. The van der Waals surface area contributed by atoms with Crippen molar-refractivity contribution in [2.24, 2.45) is 17.8 Å². The third-order valence-electron chi connectivity index (χ3n) is 7.36. The molecule has 0 spiro atoms. The van der Waals surface area contributed by atoms with E-state index in [1.54, 1.807) is 4.90 Å². The third kappa shape index (κ3) is 4.03. The van der Waals surface area contributed by atoms with Gasteiger partial charge in [-0.3, -0.25) is 9.59 Å². The van der Waals surface area contributed by atoms with Crippen LogP contribution in [0.25, 0.3) is 11.1 Å². The van der Waals surface area contributed by atoms with Crippen LogP contribution in [0.1, 0.15) is 23.5 Å². The summed E-state index contributed by atoms with van der Waals surface area (Å²) >= 11 is 0. The van der Waals surface area contributed by atoms with E-state index < -0.39 is 18.1 Å². The number of nitrogens with zero attached hydrogens (tertiary/aromatic N) is 1. The van der Waals surface area contributed by atoms with Crippen molar-refractivity contribution < 1.29 is 29.0 Å². The third-order valence-corrected chi connectivity index (χ3v) is 7.36. The molecule has 8 heteroatoms. The predicted octanol–water partition coefficient (Wildman–Crippen LogP) is 2.72. The Hall–Kier alpha value is -3.39. The van der Waals surface area contributed by atoms with Crippen molar-refractivity contribution in [3.63, 3.8) is 0 Å². The van der Waals surface area contributed by atoms with Crippen molar-refractivity contribution in [3.05, 3.63) is 59.7 Å². The van der Waals surface area contributed by atoms with Crippen LogP contribution in [0.15, 0.2) is 48.5 Å². The largest absolute Gasteiger partial charge is 0.481 e. The van der Waals surface area contributed by atoms with E-state index in [4.69, 9.17) is 9.47 Å². The number of amides is 2. The first-order chi connectivity index (χ1) is 16.5. The highest BCUT2D eigenvalue weighted by Crippen LogP contribution is 2.51. The van der Waals surface area contributed by atoms with Gasteiger partial charge >= 0.3 is 12.1 Å². The molecule has 8 nitrogen and oxygen atoms in total. The van der Waals surface area contributed by atoms with E-state index in [0.717, 1.165) is 22.3 Å². The van der Waals surface area contributed by atoms with Gasteiger partial charge < -0.3 is 24.8 Å². The number of carboxylic acid groups (broad SMARTS) is 1. The van der Waals surface area contributed by atoms with Crippen LogP contribution in [0.5, 0.6) is 0 Å². The van der Waals surface area contributed by atoms with Crippen LogP contribution >= 0.6 is 0 Å². The smallest absolute Gasteiger partial charge is 0.407 e. The van der Waals surface area contributed by atoms with Crippen LogP contribution in [0.4, 0.5) is 4.79 Å². The van der Waals surface area contributed by atoms with Gasteiger partial charge in [0.1, 0.15) is 12.6 Å². The Morgan fingerprint density at radius 3 is 2.32 bits per heavy atom. The summed E-state index contributed by atoms with van der Waals surface area (Å²) in [6, 6.07) is 15.3. The SMILES string of the molecule is COCC(NC(=O)OCC1c2ccccc2-c2ccccc21)C(=O)N1CC[C@H]2C(C(=O)O)[C@H]2C1. The standard InChI is InChI=1S/C26H28N2O6/c1-33-14-22(24(29)28-11-10-19-20(12-28)23(19)25(30)31)27-26(32)34-13-21-17-8-4-2-6-15(17)16-7-3-5-9-18(16)21/h2-9,19-23H,10-14H2,1H3,(H,27,32)(H,30,31)/t19-,20+,22?,23?/m1/s1. The Kier molecular flexibility index (Phi) is 6.00. The summed E-state index contributed by atoms with van der Waals surface area (Å²) in [7, 11) is 1.47. The molecule has 2 aromatic rings. The Labute approximate surface area is 197 Å². The highest BCUT2D eigenvalue weighted by molar-refractivity contribution is 5.86. The monoisotopic (exact) mass is 464 g/mol. The number of methoxy groups -OCH3 is 1. The fourth-order valence-corrected chi connectivity index (χ4v) is 5.65. The van der Waals surface area contributed by atoms with Gasteiger partial charge in [0, 0.05) is 26.1 Å². The highest BCUT2D eigenvalue weighted by Gasteiger charge is 2.57. The van der Waals surface area contributed by atoms with Crippen LogP contribution in [0.2, 0.25) is 0 Å². The van der Waals surface area contributed by atoms with Gasteiger partial charge in [0.25, 0.3) is 0 Å². The van der Waals surface area contributed by atoms with E-state index in [-0.39, 0.29) is 42.8 Å². The second-order valence-corrected chi connectivity index (χ2v) is 9.24. The number of carboxylic acids is 1. The number of hydrogen-bond donors (Lipinski definition) is 2. The van der Waals surface area contributed by atoms with Gasteiger partial charge in [-0.05, 0) is 40.5 Å². The topological polar surface area (TPSA) is 105 Å². The molecule has 1 saturated heterocycles. The van der Waals surface area contributed by atoms with Crippen molar-refractivity contribution in [1.82, 2.24) is 10.2 Å². The number of rotatable bonds is 7. The Balaban J connectivity index is 1.21. The highest BCUT2D eigenvalue weighted by atomic mass is 16.5. The molecule has 0 radical (unpaired) electrons. The van der Waals surface area contributed by atoms with Gasteiger partial charge in [-0.2, -0.15) is 0 Å². The molecule has 2 aliphatic carbocycles. The molecular formula is C26H28N2O6. The fraction of sp³-hybridized carbons (Fsp3) is 0.423. The number of fused-ring (bicyclic) bond motifs is 4. The molecule has 2 fully saturated rings. The van der Waals surface area contributed by atoms with E-state index >= 15 is 0 Å². The number of benzene rings is 2. The van der Waals surface area contributed by atoms with Gasteiger partial charge in [-0.25, -0.2) is 4.79 Å². The molecule has 3 aliphatic rings. The molecule has 2 unspecified atom stereocenters. The van der Waals surface area contributed by atoms with Crippen molar-refractivity contribution >= 4 is 18.0 Å². The fourth-order valence-electron chi connectivity index (χ4n) is 5.65. The quantitative estimate of drug-likeness (QED) is 0.653. The molecule has 4 atom stereocenters. The van der Waals surface area contributed by atoms with E-state index in [9.17, 15) is 19.5 Å². The molecule has 5 rings (SSSR count). The minimum atomic E-state index is -0.890. The van der Waals surface area contributed by atoms with Crippen LogP contribution in [0.3, 0.4) is 0 Å². The normalized spacial score (nSPS) is 23.3. The van der Waals surface area contributed by atoms with E-state index in [1.165, 1.54) is 7.11 Å². The van der Waals surface area contributed by atoms with Crippen LogP contribution in [0, 0.1) is 17.8 Å². The Bertz CT molecular complexity index is 1070. The lowest BCUT2D eigenvalue weighted by Gasteiger charge is -2.30. The Morgan fingerprint density at radius 2 is 1.71 bits per heavy atom. The van der Waals surface area contributed by atoms with E-state index in [2.05, 4.69) is 17.4 Å². The molecule has 178 valence electrons. The zero-order chi connectivity index (χ0) is 23.8. The number of hydrogen-bond acceptors (Lipinski definition) is 5. The number of aliphatic carboxylic acids is 1. The number of ether oxygens (including phenoxy) is 2. The number of alkyl carbamates (subject to hydrolysis) is 1. The first kappa shape index (κ1) is 22.4. The molecular weight excluding hydrogens is 436 g/mol. The lowest BCUT2D eigenvalue weighted by molar-refractivity contribution is -0.139. The summed E-state index contributed by atoms with van der Waals surface area (Å²) in [5.41, 5.74) is 4.51. The average molecular weight is 465 g/mol. The van der Waals surface area contributed by atoms with Crippen molar-refractivity contribution in [3.8, 4) is 11.1 Å². The summed E-state index contributed by atoms with van der Waals surface area (Å²) in [4.78, 5) is 38.7. The lowest BCUT2D eigenvalue weighted by Crippen LogP contribution is -2.52. The van der Waals surface area contributed by atoms with Gasteiger partial charge in [0.05, 0.1) is 12.5 Å². The molecule has 2 aromatic carbocycles. The van der Waals surface area contributed by atoms with Gasteiger partial charge in [-0.15, -0.1) is 0 Å². The maximum absolute atomic E-state index is 13.1. The first-order valence-electron chi connectivity index (χ1n) is 11.6. The van der Waals surface area contributed by atoms with Crippen LogP contribution in [-0.2, 0) is 19.1 Å². The molecule has 0 bridgehead atoms. The maximum atomic E-state index is 13.1. The lowest BCUT2D eigenvalue weighted by atomic mass is 9.98. The molecule has 0 aromatic heterocycles. The first-order valence-corrected chi connectivity index (χ1v) is 11.6. The average Bonchev–Trinajstić information content (AvgIpc) is 3.49. The zero-order valence-corrected chi connectivity index (χ0v) is 19.0. The van der Waals surface area contributed by atoms with Crippen molar-refractivity contribution in [1.29, 1.82) is 0 Å². The van der Waals surface area contributed by atoms with Gasteiger partial charge in [0.15, 0.2) is 0 Å². The Morgan fingerprint density at radius 1 is 1.06 bits per heavy atom. The molecule has 34 heavy (non-hydrogen) atoms. The molecule has 1 heterocycles. The maximum Gasteiger partial charge on any atom is 0.407 e. The summed E-state index contributed by atoms with van der Waals surface area (Å²) < 4.78 is 10.8. The van der Waals surface area contributed by atoms with Gasteiger partial charge in [0.2, 0.25) is 5.91 Å². The van der Waals surface area contributed by atoms with Crippen molar-refractivity contribution in [2.45, 2.75) is 18.4 Å². The van der Waals surface area contributed by atoms with Crippen molar-refractivity contribution in [2.75, 3.05) is 33.4 Å². The summed E-state index contributed by atoms with van der Waals surface area (Å²) in [6.07, 6.45) is -0.0140. The number of carbonyl (C=O) groups is 3. The van der Waals surface area contributed by atoms with Crippen LogP contribution < -0.4 is 5.32 Å². The second kappa shape index (κ2) is 9.10. The second-order valence-electron chi connectivity index (χ2n) is 9.24. The number of nitrogens with one attached hydrogen (secondary N) is 1. The molecule has 2 amide bonds. The summed E-state index contributed by atoms with van der Waals surface area (Å²) in [5.74, 6) is -1.37. The zero-order valence-electron chi connectivity index (χ0n) is 19.0. The molecule has 2 N–H and O–H groups in total.